The topological polar surface area (TPSA) is 43.1 Å². The maximum absolute atomic E-state index is 12.0. The number of anilines is 1. The molecule has 0 aliphatic rings. The van der Waals surface area contributed by atoms with Gasteiger partial charge in [0.05, 0.1) is 5.69 Å². The summed E-state index contributed by atoms with van der Waals surface area (Å²) in [7, 11) is 0. The molecule has 0 fully saturated rings. The number of Topliss-reactive ketones (excluding diaryl/α,β-unsaturated/α-hetero) is 1. The maximum atomic E-state index is 12.0. The third-order valence-corrected chi connectivity index (χ3v) is 3.70. The summed E-state index contributed by atoms with van der Waals surface area (Å²) >= 11 is 0. The molecule has 0 saturated heterocycles. The van der Waals surface area contributed by atoms with Crippen LogP contribution in [0.25, 0.3) is 0 Å². The highest BCUT2D eigenvalue weighted by atomic mass is 16.1. The van der Waals surface area contributed by atoms with E-state index < -0.39 is 0 Å². The van der Waals surface area contributed by atoms with Crippen LogP contribution in [0.5, 0.6) is 0 Å². The minimum atomic E-state index is 0.155. The van der Waals surface area contributed by atoms with Crippen molar-refractivity contribution in [1.29, 1.82) is 0 Å². The molecule has 1 aromatic rings. The van der Waals surface area contributed by atoms with E-state index in [1.165, 1.54) is 44.9 Å². The van der Waals surface area contributed by atoms with E-state index in [1.54, 1.807) is 12.1 Å². The summed E-state index contributed by atoms with van der Waals surface area (Å²) in [6, 6.07) is 8.23. The van der Waals surface area contributed by atoms with Crippen LogP contribution in [0.15, 0.2) is 18.2 Å². The molecule has 0 spiro atoms. The molecular formula is C18H28NO. The van der Waals surface area contributed by atoms with Crippen LogP contribution in [0.1, 0.15) is 81.5 Å². The molecule has 0 amide bonds. The molecule has 111 valence electrons. The molecule has 0 heterocycles. The first-order valence-electron chi connectivity index (χ1n) is 8.05. The molecule has 1 rings (SSSR count). The highest BCUT2D eigenvalue weighted by Gasteiger charge is 2.08. The molecule has 2 N–H and O–H groups in total. The van der Waals surface area contributed by atoms with Crippen molar-refractivity contribution in [1.82, 2.24) is 0 Å². The average molecular weight is 274 g/mol. The van der Waals surface area contributed by atoms with Crippen LogP contribution in [0.4, 0.5) is 5.69 Å². The normalized spacial score (nSPS) is 10.7. The zero-order valence-corrected chi connectivity index (χ0v) is 12.8. The van der Waals surface area contributed by atoms with Gasteiger partial charge in [-0.05, 0) is 12.5 Å². The van der Waals surface area contributed by atoms with Crippen LogP contribution >= 0.6 is 0 Å². The van der Waals surface area contributed by atoms with E-state index in [0.717, 1.165) is 12.8 Å². The molecule has 0 atom stereocenters. The lowest BCUT2D eigenvalue weighted by atomic mass is 10.0. The van der Waals surface area contributed by atoms with E-state index in [-0.39, 0.29) is 5.78 Å². The van der Waals surface area contributed by atoms with Crippen LogP contribution in [0.2, 0.25) is 0 Å². The summed E-state index contributed by atoms with van der Waals surface area (Å²) in [5, 5.41) is 0. The molecule has 1 radical (unpaired) electrons. The van der Waals surface area contributed by atoms with Gasteiger partial charge in [-0.2, -0.15) is 0 Å². The number of benzene rings is 1. The molecular weight excluding hydrogens is 246 g/mol. The Labute approximate surface area is 123 Å². The van der Waals surface area contributed by atoms with Crippen molar-refractivity contribution in [3.05, 3.63) is 29.8 Å². The molecule has 0 aliphatic heterocycles. The fourth-order valence-electron chi connectivity index (χ4n) is 2.42. The Hall–Kier alpha value is -1.31. The van der Waals surface area contributed by atoms with Gasteiger partial charge < -0.3 is 5.73 Å². The molecule has 20 heavy (non-hydrogen) atoms. The number of carbonyl (C=O) groups is 1. The Kier molecular flexibility index (Phi) is 8.77. The summed E-state index contributed by atoms with van der Waals surface area (Å²) in [4.78, 5) is 12.0. The Morgan fingerprint density at radius 1 is 1.05 bits per heavy atom. The first-order valence-corrected chi connectivity index (χ1v) is 8.05. The lowest BCUT2D eigenvalue weighted by Crippen LogP contribution is -2.03. The van der Waals surface area contributed by atoms with E-state index in [4.69, 9.17) is 5.73 Å². The number of unbranched alkanes of at least 4 members (excludes halogenated alkanes) is 8. The van der Waals surface area contributed by atoms with Crippen LogP contribution < -0.4 is 5.73 Å². The van der Waals surface area contributed by atoms with Gasteiger partial charge in [-0.25, -0.2) is 0 Å². The Balaban J connectivity index is 2.04. The largest absolute Gasteiger partial charge is 0.398 e. The van der Waals surface area contributed by atoms with Crippen LogP contribution in [0, 0.1) is 6.07 Å². The zero-order valence-electron chi connectivity index (χ0n) is 12.8. The number of nitrogens with two attached hydrogens (primary N) is 1. The number of carbonyl (C=O) groups excluding carboxylic acids is 1. The summed E-state index contributed by atoms with van der Waals surface area (Å²) in [5.41, 5.74) is 6.87. The molecule has 0 unspecified atom stereocenters. The van der Waals surface area contributed by atoms with Gasteiger partial charge in [-0.3, -0.25) is 4.79 Å². The highest BCUT2D eigenvalue weighted by Crippen LogP contribution is 2.15. The SMILES string of the molecule is CCCCCCCCCCCC(=O)c1ccc[c]c1N. The Morgan fingerprint density at radius 3 is 2.25 bits per heavy atom. The van der Waals surface area contributed by atoms with E-state index in [1.807, 2.05) is 6.07 Å². The second-order valence-electron chi connectivity index (χ2n) is 5.50. The number of hydrogen-bond donors (Lipinski definition) is 1. The lowest BCUT2D eigenvalue weighted by molar-refractivity contribution is 0.0980. The average Bonchev–Trinajstić information content (AvgIpc) is 2.46. The standard InChI is InChI=1S/C18H28NO/c1-2-3-4-5-6-7-8-9-10-15-18(20)16-13-11-12-14-17(16)19/h11-13H,2-10,15,19H2,1H3. The molecule has 2 nitrogen and oxygen atoms in total. The predicted octanol–water partition coefficient (Wildman–Crippen LogP) is 5.17. The fourth-order valence-corrected chi connectivity index (χ4v) is 2.42. The van der Waals surface area contributed by atoms with Gasteiger partial charge in [0.2, 0.25) is 0 Å². The van der Waals surface area contributed by atoms with Crippen molar-refractivity contribution in [3.8, 4) is 0 Å². The van der Waals surface area contributed by atoms with Crippen molar-refractivity contribution < 1.29 is 4.79 Å². The number of hydrogen-bond acceptors (Lipinski definition) is 2. The Bertz CT molecular complexity index is 387. The molecule has 0 bridgehead atoms. The number of ketones is 1. The smallest absolute Gasteiger partial charge is 0.164 e. The van der Waals surface area contributed by atoms with Crippen molar-refractivity contribution in [2.45, 2.75) is 71.1 Å². The monoisotopic (exact) mass is 274 g/mol. The van der Waals surface area contributed by atoms with Crippen molar-refractivity contribution in [2.75, 3.05) is 5.73 Å². The molecule has 0 aromatic heterocycles. The van der Waals surface area contributed by atoms with E-state index in [9.17, 15) is 4.79 Å². The van der Waals surface area contributed by atoms with Gasteiger partial charge in [0, 0.05) is 18.1 Å². The molecule has 0 aliphatic carbocycles. The molecule has 2 heteroatoms. The van der Waals surface area contributed by atoms with Crippen molar-refractivity contribution >= 4 is 11.5 Å². The van der Waals surface area contributed by atoms with Crippen LogP contribution in [0.3, 0.4) is 0 Å². The lowest BCUT2D eigenvalue weighted by Gasteiger charge is -2.04. The molecule has 1 aromatic carbocycles. The van der Waals surface area contributed by atoms with Crippen molar-refractivity contribution in [2.24, 2.45) is 0 Å². The first kappa shape index (κ1) is 16.7. The van der Waals surface area contributed by atoms with Gasteiger partial charge in [0.25, 0.3) is 0 Å². The van der Waals surface area contributed by atoms with E-state index in [0.29, 0.717) is 17.7 Å². The first-order chi connectivity index (χ1) is 9.75. The quantitative estimate of drug-likeness (QED) is 0.343. The van der Waals surface area contributed by atoms with Crippen LogP contribution in [-0.4, -0.2) is 5.78 Å². The second kappa shape index (κ2) is 10.5. The third kappa shape index (κ3) is 6.74. The van der Waals surface area contributed by atoms with E-state index >= 15 is 0 Å². The Morgan fingerprint density at radius 2 is 1.65 bits per heavy atom. The maximum Gasteiger partial charge on any atom is 0.164 e. The zero-order chi connectivity index (χ0) is 14.6. The van der Waals surface area contributed by atoms with Gasteiger partial charge in [-0.15, -0.1) is 0 Å². The van der Waals surface area contributed by atoms with Crippen LogP contribution in [-0.2, 0) is 0 Å². The van der Waals surface area contributed by atoms with Gasteiger partial charge >= 0.3 is 0 Å². The summed E-state index contributed by atoms with van der Waals surface area (Å²) in [5.74, 6) is 0.155. The van der Waals surface area contributed by atoms with Gasteiger partial charge in [0.1, 0.15) is 0 Å². The minimum Gasteiger partial charge on any atom is -0.398 e. The third-order valence-electron chi connectivity index (χ3n) is 3.70. The number of rotatable bonds is 11. The van der Waals surface area contributed by atoms with Crippen molar-refractivity contribution in [3.63, 3.8) is 0 Å². The van der Waals surface area contributed by atoms with Gasteiger partial charge in [-0.1, -0.05) is 70.4 Å². The summed E-state index contributed by atoms with van der Waals surface area (Å²) in [6.07, 6.45) is 12.0. The number of nitrogen functional groups attached to an aromatic ring is 1. The van der Waals surface area contributed by atoms with E-state index in [2.05, 4.69) is 13.0 Å². The van der Waals surface area contributed by atoms with Gasteiger partial charge in [0.15, 0.2) is 5.78 Å². The number of para-hydroxylation sites is 1. The summed E-state index contributed by atoms with van der Waals surface area (Å²) in [6.45, 7) is 2.24. The fraction of sp³-hybridized carbons (Fsp3) is 0.611. The highest BCUT2D eigenvalue weighted by molar-refractivity contribution is 6.00. The molecule has 0 saturated carbocycles. The summed E-state index contributed by atoms with van der Waals surface area (Å²) < 4.78 is 0. The minimum absolute atomic E-state index is 0.155. The predicted molar refractivity (Wildman–Crippen MR) is 85.9 cm³/mol. The second-order valence-corrected chi connectivity index (χ2v) is 5.50.